The maximum Gasteiger partial charge on any atom is 0.472 e. The van der Waals surface area contributed by atoms with Crippen molar-refractivity contribution in [1.29, 1.82) is 0 Å². The van der Waals surface area contributed by atoms with E-state index in [1.54, 1.807) is 0 Å². The van der Waals surface area contributed by atoms with Crippen molar-refractivity contribution in [2.24, 2.45) is 17.8 Å². The Morgan fingerprint density at radius 1 is 0.282 bits per heavy atom. The van der Waals surface area contributed by atoms with E-state index in [-0.39, 0.29) is 25.7 Å². The summed E-state index contributed by atoms with van der Waals surface area (Å²) in [5, 5.41) is 10.6. The van der Waals surface area contributed by atoms with E-state index in [4.69, 9.17) is 37.0 Å². The Bertz CT molecular complexity index is 1990. The first-order valence-electron chi connectivity index (χ1n) is 43.4. The monoisotopic (exact) mass is 1510 g/mol. The molecule has 3 unspecified atom stereocenters. The van der Waals surface area contributed by atoms with Crippen LogP contribution in [0, 0.1) is 17.8 Å². The average molecular weight is 1510 g/mol. The van der Waals surface area contributed by atoms with Gasteiger partial charge in [-0.15, -0.1) is 0 Å². The van der Waals surface area contributed by atoms with Gasteiger partial charge in [-0.2, -0.15) is 0 Å². The first kappa shape index (κ1) is 101. The van der Waals surface area contributed by atoms with E-state index in [1.165, 1.54) is 238 Å². The molecule has 0 amide bonds. The lowest BCUT2D eigenvalue weighted by Gasteiger charge is -2.21. The normalized spacial score (nSPS) is 14.2. The minimum Gasteiger partial charge on any atom is -0.462 e. The van der Waals surface area contributed by atoms with E-state index in [2.05, 4.69) is 48.5 Å². The van der Waals surface area contributed by atoms with Gasteiger partial charge in [0.2, 0.25) is 0 Å². The smallest absolute Gasteiger partial charge is 0.462 e. The van der Waals surface area contributed by atoms with Crippen LogP contribution in [0.5, 0.6) is 0 Å². The molecular weight excluding hydrogens is 1340 g/mol. The van der Waals surface area contributed by atoms with E-state index in [0.717, 1.165) is 120 Å². The van der Waals surface area contributed by atoms with E-state index < -0.39 is 97.5 Å². The van der Waals surface area contributed by atoms with Crippen LogP contribution in [-0.4, -0.2) is 96.7 Å². The van der Waals surface area contributed by atoms with Gasteiger partial charge in [0, 0.05) is 25.7 Å². The van der Waals surface area contributed by atoms with Crippen molar-refractivity contribution in [1.82, 2.24) is 0 Å². The van der Waals surface area contributed by atoms with Gasteiger partial charge in [0.05, 0.1) is 26.4 Å². The van der Waals surface area contributed by atoms with Gasteiger partial charge < -0.3 is 33.8 Å². The lowest BCUT2D eigenvalue weighted by molar-refractivity contribution is -0.161. The fourth-order valence-electron chi connectivity index (χ4n) is 13.0. The summed E-state index contributed by atoms with van der Waals surface area (Å²) in [6.45, 7) is 12.0. The summed E-state index contributed by atoms with van der Waals surface area (Å²) >= 11 is 0. The predicted octanol–water partition coefficient (Wildman–Crippen LogP) is 25.3. The van der Waals surface area contributed by atoms with E-state index in [9.17, 15) is 43.2 Å². The number of phosphoric acid groups is 2. The molecule has 0 spiro atoms. The molecule has 0 rings (SSSR count). The third kappa shape index (κ3) is 76.6. The van der Waals surface area contributed by atoms with Crippen LogP contribution >= 0.6 is 15.6 Å². The Morgan fingerprint density at radius 3 is 0.738 bits per heavy atom. The van der Waals surface area contributed by atoms with Gasteiger partial charge >= 0.3 is 39.5 Å². The fraction of sp³-hybridized carbons (Fsp3) is 0.952. The third-order valence-electron chi connectivity index (χ3n) is 20.0. The summed E-state index contributed by atoms with van der Waals surface area (Å²) in [4.78, 5) is 73.0. The molecule has 0 heterocycles. The molecule has 103 heavy (non-hydrogen) atoms. The third-order valence-corrected chi connectivity index (χ3v) is 21.9. The molecule has 0 aromatic heterocycles. The van der Waals surface area contributed by atoms with Crippen LogP contribution in [0.25, 0.3) is 0 Å². The fourth-order valence-corrected chi connectivity index (χ4v) is 14.6. The van der Waals surface area contributed by atoms with Crippen molar-refractivity contribution < 1.29 is 80.2 Å². The first-order chi connectivity index (χ1) is 49.8. The maximum absolute atomic E-state index is 13.1. The van der Waals surface area contributed by atoms with E-state index in [0.29, 0.717) is 25.7 Å². The lowest BCUT2D eigenvalue weighted by atomic mass is 9.99. The van der Waals surface area contributed by atoms with Gasteiger partial charge in [-0.3, -0.25) is 37.3 Å². The van der Waals surface area contributed by atoms with Crippen molar-refractivity contribution in [2.45, 2.75) is 458 Å². The Balaban J connectivity index is 5.16. The van der Waals surface area contributed by atoms with Gasteiger partial charge in [0.1, 0.15) is 19.3 Å². The molecule has 0 fully saturated rings. The maximum atomic E-state index is 13.1. The number of ether oxygens (including phenoxy) is 4. The van der Waals surface area contributed by atoms with Crippen molar-refractivity contribution >= 4 is 39.5 Å². The molecule has 3 N–H and O–H groups in total. The lowest BCUT2D eigenvalue weighted by Crippen LogP contribution is -2.30. The van der Waals surface area contributed by atoms with E-state index >= 15 is 0 Å². The van der Waals surface area contributed by atoms with Gasteiger partial charge in [-0.05, 0) is 43.4 Å². The van der Waals surface area contributed by atoms with Crippen molar-refractivity contribution in [3.8, 4) is 0 Å². The highest BCUT2D eigenvalue weighted by atomic mass is 31.2. The zero-order valence-corrected chi connectivity index (χ0v) is 69.6. The summed E-state index contributed by atoms with van der Waals surface area (Å²) in [6, 6.07) is 0. The summed E-state index contributed by atoms with van der Waals surface area (Å²) in [6.07, 6.45) is 64.1. The zero-order valence-electron chi connectivity index (χ0n) is 67.8. The van der Waals surface area contributed by atoms with Crippen LogP contribution < -0.4 is 0 Å². The summed E-state index contributed by atoms with van der Waals surface area (Å²) in [5.41, 5.74) is 0. The molecule has 0 bridgehead atoms. The van der Waals surface area contributed by atoms with Gasteiger partial charge in [-0.25, -0.2) is 9.13 Å². The highest BCUT2D eigenvalue weighted by Gasteiger charge is 2.30. The minimum atomic E-state index is -4.96. The molecule has 0 saturated carbocycles. The van der Waals surface area contributed by atoms with Crippen LogP contribution in [0.2, 0.25) is 0 Å². The van der Waals surface area contributed by atoms with E-state index in [1.807, 2.05) is 0 Å². The van der Waals surface area contributed by atoms with Gasteiger partial charge in [0.15, 0.2) is 12.2 Å². The van der Waals surface area contributed by atoms with Crippen LogP contribution in [0.15, 0.2) is 0 Å². The molecule has 17 nitrogen and oxygen atoms in total. The number of unbranched alkanes of at least 4 members (excludes halogenated alkanes) is 49. The molecule has 0 aliphatic heterocycles. The zero-order chi connectivity index (χ0) is 75.8. The highest BCUT2D eigenvalue weighted by Crippen LogP contribution is 2.45. The molecule has 0 aromatic rings. The number of phosphoric ester groups is 2. The molecule has 0 saturated heterocycles. The number of hydrogen-bond acceptors (Lipinski definition) is 15. The summed E-state index contributed by atoms with van der Waals surface area (Å²) in [5.74, 6) is 0.334. The number of rotatable bonds is 82. The predicted molar refractivity (Wildman–Crippen MR) is 423 cm³/mol. The van der Waals surface area contributed by atoms with Crippen molar-refractivity contribution in [2.75, 3.05) is 39.6 Å². The number of aliphatic hydroxyl groups excluding tert-OH is 1. The molecule has 0 radical (unpaired) electrons. The SMILES string of the molecule is CCCCCCCCCC(=O)OC[C@H](COP(=O)(O)OC[C@H](O)COP(=O)(O)OC[C@@H](COC(=O)CCCCCCCCCCCCCCCCCCCCC(C)C)OC(=O)CCCCCCCCCCCCCCCCCCCCC(C)C)OC(=O)CCCCCCCCCCCCC(C)CC. The molecule has 0 aromatic carbocycles. The van der Waals surface area contributed by atoms with Gasteiger partial charge in [0.25, 0.3) is 0 Å². The van der Waals surface area contributed by atoms with Crippen molar-refractivity contribution in [3.63, 3.8) is 0 Å². The van der Waals surface area contributed by atoms with Crippen LogP contribution in [0.3, 0.4) is 0 Å². The minimum absolute atomic E-state index is 0.106. The quantitative estimate of drug-likeness (QED) is 0.0222. The first-order valence-corrected chi connectivity index (χ1v) is 46.4. The topological polar surface area (TPSA) is 237 Å². The van der Waals surface area contributed by atoms with Crippen LogP contribution in [0.1, 0.15) is 440 Å². The Hall–Kier alpha value is -1.94. The van der Waals surface area contributed by atoms with Crippen molar-refractivity contribution in [3.05, 3.63) is 0 Å². The second-order valence-corrected chi connectivity index (χ2v) is 34.3. The second kappa shape index (κ2) is 74.2. The van der Waals surface area contributed by atoms with Gasteiger partial charge in [-0.1, -0.05) is 389 Å². The average Bonchev–Trinajstić information content (AvgIpc) is 1.15. The molecule has 0 aliphatic rings. The molecule has 6 atom stereocenters. The highest BCUT2D eigenvalue weighted by molar-refractivity contribution is 7.47. The molecule has 0 aliphatic carbocycles. The molecule has 19 heteroatoms. The van der Waals surface area contributed by atoms with Crippen LogP contribution in [0.4, 0.5) is 0 Å². The number of esters is 4. The Labute approximate surface area is 632 Å². The second-order valence-electron chi connectivity index (χ2n) is 31.4. The molecular formula is C84H164O17P2. The number of carbonyl (C=O) groups is 4. The molecule has 612 valence electrons. The van der Waals surface area contributed by atoms with Crippen LogP contribution in [-0.2, 0) is 65.4 Å². The number of hydrogen-bond donors (Lipinski definition) is 3. The number of aliphatic hydroxyl groups is 1. The Kier molecular flexibility index (Phi) is 72.8. The standard InChI is InChI=1S/C84H164O17P2/c1-8-10-11-12-41-51-58-65-81(86)94-71-79(100-84(89)68-61-54-47-40-34-33-37-44-50-57-64-77(7)9-2)73-98-102(90,91)96-69-78(85)70-97-103(92,93)99-74-80(101-83(88)67-60-53-46-39-32-28-24-20-16-14-18-22-26-30-36-43-49-56-63-76(5)6)72-95-82(87)66-59-52-45-38-31-27-23-19-15-13-17-21-25-29-35-42-48-55-62-75(3)4/h75-80,85H,8-74H2,1-7H3,(H,90,91)(H,92,93)/t77?,78-,79+,80+/m0/s1. The largest absolute Gasteiger partial charge is 0.472 e. The number of carbonyl (C=O) groups excluding carboxylic acids is 4. The summed E-state index contributed by atoms with van der Waals surface area (Å²) in [7, 11) is -9.92. The Morgan fingerprint density at radius 2 is 0.495 bits per heavy atom. The summed E-state index contributed by atoms with van der Waals surface area (Å²) < 4.78 is 68.7.